The quantitative estimate of drug-likeness (QED) is 0.609. The second-order valence-corrected chi connectivity index (χ2v) is 7.41. The minimum atomic E-state index is 0.00661. The van der Waals surface area contributed by atoms with Gasteiger partial charge in [0.1, 0.15) is 0 Å². The van der Waals surface area contributed by atoms with Crippen molar-refractivity contribution in [1.29, 1.82) is 0 Å². The van der Waals surface area contributed by atoms with Gasteiger partial charge in [-0.15, -0.1) is 11.8 Å². The fraction of sp³-hybridized carbons (Fsp3) is 0.643. The molecule has 0 radical (unpaired) electrons. The van der Waals surface area contributed by atoms with E-state index >= 15 is 0 Å². The smallest absolute Gasteiger partial charge is 0.267 e. The molecule has 1 aliphatic rings. The third-order valence-electron chi connectivity index (χ3n) is 3.52. The first-order chi connectivity index (χ1) is 9.97. The van der Waals surface area contributed by atoms with E-state index in [9.17, 15) is 9.59 Å². The molecule has 0 saturated carbocycles. The van der Waals surface area contributed by atoms with Gasteiger partial charge in [0.15, 0.2) is 5.16 Å². The largest absolute Gasteiger partial charge is 0.343 e. The summed E-state index contributed by atoms with van der Waals surface area (Å²) in [7, 11) is 1.73. The first-order valence-corrected chi connectivity index (χ1v) is 9.01. The molecule has 5 nitrogen and oxygen atoms in total. The Hall–Kier alpha value is -0.950. The third kappa shape index (κ3) is 3.45. The van der Waals surface area contributed by atoms with Crippen LogP contribution in [0.25, 0.3) is 0 Å². The molecular formula is C14H21N3O2S2. The predicted octanol–water partition coefficient (Wildman–Crippen LogP) is 1.78. The molecule has 1 atom stereocenters. The zero-order valence-corrected chi connectivity index (χ0v) is 14.5. The van der Waals surface area contributed by atoms with E-state index in [2.05, 4.69) is 11.9 Å². The van der Waals surface area contributed by atoms with Crippen LogP contribution in [-0.2, 0) is 18.3 Å². The summed E-state index contributed by atoms with van der Waals surface area (Å²) in [5.74, 6) is 0.408. The molecule has 21 heavy (non-hydrogen) atoms. The normalized spacial score (nSPS) is 16.9. The van der Waals surface area contributed by atoms with Gasteiger partial charge in [0.05, 0.1) is 16.3 Å². The summed E-state index contributed by atoms with van der Waals surface area (Å²) in [5, 5.41) is 1.03. The van der Waals surface area contributed by atoms with E-state index in [1.807, 2.05) is 13.8 Å². The van der Waals surface area contributed by atoms with Crippen molar-refractivity contribution in [3.63, 3.8) is 0 Å². The molecule has 1 amide bonds. The maximum Gasteiger partial charge on any atom is 0.267 e. The first-order valence-electron chi connectivity index (χ1n) is 7.15. The van der Waals surface area contributed by atoms with Crippen molar-refractivity contribution in [2.75, 3.05) is 18.8 Å². The van der Waals surface area contributed by atoms with Crippen molar-refractivity contribution < 1.29 is 4.79 Å². The molecule has 0 aliphatic carbocycles. The predicted molar refractivity (Wildman–Crippen MR) is 87.2 cm³/mol. The lowest BCUT2D eigenvalue weighted by Gasteiger charge is -2.18. The van der Waals surface area contributed by atoms with E-state index in [0.29, 0.717) is 29.2 Å². The Morgan fingerprint density at radius 2 is 2.14 bits per heavy atom. The van der Waals surface area contributed by atoms with Crippen molar-refractivity contribution in [3.05, 3.63) is 16.0 Å². The van der Waals surface area contributed by atoms with Crippen molar-refractivity contribution in [3.8, 4) is 0 Å². The minimum absolute atomic E-state index is 0.00661. The van der Waals surface area contributed by atoms with Gasteiger partial charge in [-0.1, -0.05) is 18.7 Å². The Balaban J connectivity index is 2.15. The fourth-order valence-corrected chi connectivity index (χ4v) is 4.33. The van der Waals surface area contributed by atoms with Crippen molar-refractivity contribution in [2.45, 2.75) is 42.5 Å². The van der Waals surface area contributed by atoms with Gasteiger partial charge in [0.2, 0.25) is 5.91 Å². The summed E-state index contributed by atoms with van der Waals surface area (Å²) in [6, 6.07) is 0. The highest BCUT2D eigenvalue weighted by molar-refractivity contribution is 8.00. The van der Waals surface area contributed by atoms with Gasteiger partial charge < -0.3 is 4.90 Å². The molecule has 1 aliphatic heterocycles. The molecule has 0 saturated heterocycles. The minimum Gasteiger partial charge on any atom is -0.343 e. The lowest BCUT2D eigenvalue weighted by Crippen LogP contribution is -2.32. The second kappa shape index (κ2) is 6.87. The van der Waals surface area contributed by atoms with Crippen molar-refractivity contribution >= 4 is 29.4 Å². The zero-order chi connectivity index (χ0) is 15.6. The highest BCUT2D eigenvalue weighted by Gasteiger charge is 2.25. The summed E-state index contributed by atoms with van der Waals surface area (Å²) in [6.07, 6.45) is 0.827. The number of aromatic nitrogens is 2. The summed E-state index contributed by atoms with van der Waals surface area (Å²) in [6.45, 7) is 7.45. The molecule has 0 aromatic carbocycles. The van der Waals surface area contributed by atoms with E-state index in [-0.39, 0.29) is 11.5 Å². The van der Waals surface area contributed by atoms with Crippen LogP contribution in [0.5, 0.6) is 0 Å². The lowest BCUT2D eigenvalue weighted by molar-refractivity contribution is -0.127. The van der Waals surface area contributed by atoms with Crippen LogP contribution in [0.1, 0.15) is 26.5 Å². The van der Waals surface area contributed by atoms with E-state index in [0.717, 1.165) is 17.0 Å². The molecule has 1 aromatic rings. The third-order valence-corrected chi connectivity index (χ3v) is 5.75. The zero-order valence-electron chi connectivity index (χ0n) is 12.9. The molecule has 0 spiro atoms. The van der Waals surface area contributed by atoms with Gasteiger partial charge in [-0.05, 0) is 13.8 Å². The van der Waals surface area contributed by atoms with Gasteiger partial charge in [0.25, 0.3) is 5.56 Å². The van der Waals surface area contributed by atoms with Gasteiger partial charge in [-0.2, -0.15) is 0 Å². The average Bonchev–Trinajstić information content (AvgIpc) is 2.83. The number of fused-ring (bicyclic) bond motifs is 1. The van der Waals surface area contributed by atoms with E-state index in [4.69, 9.17) is 0 Å². The molecule has 1 aromatic heterocycles. The summed E-state index contributed by atoms with van der Waals surface area (Å²) in [5.41, 5.74) is 0.889. The second-order valence-electron chi connectivity index (χ2n) is 5.02. The maximum atomic E-state index is 12.3. The molecule has 7 heteroatoms. The number of nitrogens with zero attached hydrogens (tertiary/aromatic N) is 3. The summed E-state index contributed by atoms with van der Waals surface area (Å²) in [4.78, 5) is 31.5. The number of hydrogen-bond acceptors (Lipinski definition) is 5. The van der Waals surface area contributed by atoms with E-state index in [1.54, 1.807) is 28.3 Å². The standard InChI is InChI=1S/C14H21N3O2S2/c1-5-17(6-2)11(18)8-20-14-15-10-7-9(3)21-12(10)13(19)16(14)4/h9H,5-8H2,1-4H3. The van der Waals surface area contributed by atoms with Gasteiger partial charge >= 0.3 is 0 Å². The Labute approximate surface area is 133 Å². The monoisotopic (exact) mass is 327 g/mol. The Morgan fingerprint density at radius 3 is 2.76 bits per heavy atom. The number of thioether (sulfide) groups is 2. The van der Waals surface area contributed by atoms with E-state index in [1.165, 1.54) is 11.8 Å². The molecule has 0 bridgehead atoms. The van der Waals surface area contributed by atoms with Crippen LogP contribution in [-0.4, -0.2) is 44.5 Å². The van der Waals surface area contributed by atoms with Crippen molar-refractivity contribution in [2.24, 2.45) is 7.05 Å². The summed E-state index contributed by atoms with van der Waals surface area (Å²) >= 11 is 2.94. The Morgan fingerprint density at radius 1 is 1.48 bits per heavy atom. The van der Waals surface area contributed by atoms with Gasteiger partial charge in [0, 0.05) is 31.8 Å². The summed E-state index contributed by atoms with van der Waals surface area (Å²) < 4.78 is 1.56. The topological polar surface area (TPSA) is 55.2 Å². The lowest BCUT2D eigenvalue weighted by atomic mass is 10.2. The molecular weight excluding hydrogens is 306 g/mol. The van der Waals surface area contributed by atoms with Gasteiger partial charge in [-0.25, -0.2) is 4.98 Å². The molecule has 2 heterocycles. The van der Waals surface area contributed by atoms with Crippen LogP contribution in [0, 0.1) is 0 Å². The van der Waals surface area contributed by atoms with Crippen LogP contribution >= 0.6 is 23.5 Å². The first kappa shape index (κ1) is 16.4. The highest BCUT2D eigenvalue weighted by Crippen LogP contribution is 2.33. The molecule has 116 valence electrons. The molecule has 0 N–H and O–H groups in total. The van der Waals surface area contributed by atoms with E-state index < -0.39 is 0 Å². The molecule has 0 fully saturated rings. The average molecular weight is 327 g/mol. The highest BCUT2D eigenvalue weighted by atomic mass is 32.2. The Kier molecular flexibility index (Phi) is 5.37. The fourth-order valence-electron chi connectivity index (χ4n) is 2.30. The van der Waals surface area contributed by atoms with Crippen molar-refractivity contribution in [1.82, 2.24) is 14.5 Å². The SMILES string of the molecule is CCN(CC)C(=O)CSc1nc2c(c(=O)n1C)SC(C)C2. The van der Waals surface area contributed by atoms with Crippen LogP contribution in [0.4, 0.5) is 0 Å². The molecule has 2 rings (SSSR count). The van der Waals surface area contributed by atoms with Gasteiger partial charge in [-0.3, -0.25) is 14.2 Å². The van der Waals surface area contributed by atoms with Crippen LogP contribution in [0.15, 0.2) is 14.8 Å². The Bertz CT molecular complexity index is 597. The number of carbonyl (C=O) groups excluding carboxylic acids is 1. The van der Waals surface area contributed by atoms with Crippen LogP contribution < -0.4 is 5.56 Å². The number of hydrogen-bond donors (Lipinski definition) is 0. The maximum absolute atomic E-state index is 12.3. The number of amides is 1. The number of rotatable bonds is 5. The van der Waals surface area contributed by atoms with Crippen LogP contribution in [0.2, 0.25) is 0 Å². The molecule has 1 unspecified atom stereocenters. The number of carbonyl (C=O) groups is 1. The van der Waals surface area contributed by atoms with Crippen LogP contribution in [0.3, 0.4) is 0 Å².